The smallest absolute Gasteiger partial charge is 0.316 e. The number of amides is 1. The number of aryl methyl sites for hydroxylation is 1. The number of carbonyl (C=O) groups is 2. The summed E-state index contributed by atoms with van der Waals surface area (Å²) in [5, 5.41) is 17.2. The molecule has 0 saturated heterocycles. The van der Waals surface area contributed by atoms with Gasteiger partial charge in [-0.15, -0.1) is 11.8 Å². The van der Waals surface area contributed by atoms with E-state index in [1.807, 2.05) is 43.3 Å². The standard InChI is InChI=1S/C17H19N3O3S/c1-14-6-2-3-7-15(14)24-13-17(22)23-12-16(21)20(10-4-8-18)11-5-9-19/h2-3,6-7H,4-5,10-13H2,1H3. The van der Waals surface area contributed by atoms with E-state index in [1.54, 1.807) is 0 Å². The van der Waals surface area contributed by atoms with Gasteiger partial charge in [0.1, 0.15) is 0 Å². The molecule has 6 nitrogen and oxygen atoms in total. The van der Waals surface area contributed by atoms with Crippen LogP contribution in [0.3, 0.4) is 0 Å². The van der Waals surface area contributed by atoms with Crippen molar-refractivity contribution in [3.8, 4) is 12.1 Å². The van der Waals surface area contributed by atoms with Crippen LogP contribution in [0.4, 0.5) is 0 Å². The first-order valence-corrected chi connectivity index (χ1v) is 8.42. The Labute approximate surface area is 146 Å². The molecule has 126 valence electrons. The molecular formula is C17H19N3O3S. The van der Waals surface area contributed by atoms with Crippen LogP contribution in [0.2, 0.25) is 0 Å². The number of nitriles is 2. The molecule has 0 fully saturated rings. The van der Waals surface area contributed by atoms with Gasteiger partial charge in [0.2, 0.25) is 0 Å². The maximum absolute atomic E-state index is 12.0. The van der Waals surface area contributed by atoms with Gasteiger partial charge in [0, 0.05) is 18.0 Å². The first-order chi connectivity index (χ1) is 11.6. The zero-order chi connectivity index (χ0) is 17.8. The highest BCUT2D eigenvalue weighted by atomic mass is 32.2. The molecule has 1 aromatic rings. The van der Waals surface area contributed by atoms with E-state index in [4.69, 9.17) is 15.3 Å². The van der Waals surface area contributed by atoms with Crippen molar-refractivity contribution in [3.05, 3.63) is 29.8 Å². The van der Waals surface area contributed by atoms with Gasteiger partial charge in [0.05, 0.1) is 30.7 Å². The highest BCUT2D eigenvalue weighted by Crippen LogP contribution is 2.21. The Hall–Kier alpha value is -2.51. The molecule has 0 bridgehead atoms. The molecule has 24 heavy (non-hydrogen) atoms. The SMILES string of the molecule is Cc1ccccc1SCC(=O)OCC(=O)N(CCC#N)CCC#N. The third-order valence-electron chi connectivity index (χ3n) is 3.14. The molecular weight excluding hydrogens is 326 g/mol. The van der Waals surface area contributed by atoms with Crippen LogP contribution in [0.15, 0.2) is 29.2 Å². The lowest BCUT2D eigenvalue weighted by Crippen LogP contribution is -2.36. The van der Waals surface area contributed by atoms with Crippen molar-refractivity contribution in [1.82, 2.24) is 4.90 Å². The summed E-state index contributed by atoms with van der Waals surface area (Å²) < 4.78 is 4.99. The lowest BCUT2D eigenvalue weighted by molar-refractivity contribution is -0.149. The Morgan fingerprint density at radius 2 is 1.79 bits per heavy atom. The number of rotatable bonds is 9. The van der Waals surface area contributed by atoms with Gasteiger partial charge < -0.3 is 9.64 Å². The van der Waals surface area contributed by atoms with Gasteiger partial charge in [0.15, 0.2) is 6.61 Å². The summed E-state index contributed by atoms with van der Waals surface area (Å²) in [5.41, 5.74) is 1.07. The predicted molar refractivity (Wildman–Crippen MR) is 89.9 cm³/mol. The Morgan fingerprint density at radius 3 is 2.38 bits per heavy atom. The van der Waals surface area contributed by atoms with Crippen LogP contribution < -0.4 is 0 Å². The number of benzene rings is 1. The third-order valence-corrected chi connectivity index (χ3v) is 4.28. The fraction of sp³-hybridized carbons (Fsp3) is 0.412. The molecule has 0 aliphatic carbocycles. The first kappa shape index (κ1) is 19.5. The molecule has 0 N–H and O–H groups in total. The van der Waals surface area contributed by atoms with Crippen LogP contribution in [-0.4, -0.2) is 42.2 Å². The molecule has 0 unspecified atom stereocenters. The second-order valence-electron chi connectivity index (χ2n) is 4.91. The van der Waals surface area contributed by atoms with E-state index in [0.29, 0.717) is 0 Å². The van der Waals surface area contributed by atoms with Crippen molar-refractivity contribution < 1.29 is 14.3 Å². The predicted octanol–water partition coefficient (Wildman–Crippen LogP) is 2.29. The van der Waals surface area contributed by atoms with Gasteiger partial charge in [0.25, 0.3) is 5.91 Å². The molecule has 1 rings (SSSR count). The maximum atomic E-state index is 12.0. The summed E-state index contributed by atoms with van der Waals surface area (Å²) in [4.78, 5) is 26.1. The van der Waals surface area contributed by atoms with Crippen LogP contribution in [0, 0.1) is 29.6 Å². The zero-order valence-corrected chi connectivity index (χ0v) is 14.3. The van der Waals surface area contributed by atoms with Crippen LogP contribution in [-0.2, 0) is 14.3 Å². The van der Waals surface area contributed by atoms with E-state index in [-0.39, 0.29) is 38.3 Å². The number of thioether (sulfide) groups is 1. The topological polar surface area (TPSA) is 94.2 Å². The monoisotopic (exact) mass is 345 g/mol. The number of esters is 1. The minimum Gasteiger partial charge on any atom is -0.455 e. The van der Waals surface area contributed by atoms with Gasteiger partial charge in [-0.2, -0.15) is 10.5 Å². The van der Waals surface area contributed by atoms with Gasteiger partial charge in [-0.25, -0.2) is 0 Å². The fourth-order valence-electron chi connectivity index (χ4n) is 1.86. The fourth-order valence-corrected chi connectivity index (χ4v) is 2.69. The Bertz CT molecular complexity index is 631. The molecule has 0 aromatic heterocycles. The van der Waals surface area contributed by atoms with Crippen molar-refractivity contribution >= 4 is 23.6 Å². The summed E-state index contributed by atoms with van der Waals surface area (Å²) in [7, 11) is 0. The van der Waals surface area contributed by atoms with Crippen LogP contribution >= 0.6 is 11.8 Å². The largest absolute Gasteiger partial charge is 0.455 e. The number of nitrogens with zero attached hydrogens (tertiary/aromatic N) is 3. The zero-order valence-electron chi connectivity index (χ0n) is 13.5. The summed E-state index contributed by atoms with van der Waals surface area (Å²) in [6, 6.07) is 11.6. The van der Waals surface area contributed by atoms with E-state index >= 15 is 0 Å². The summed E-state index contributed by atoms with van der Waals surface area (Å²) in [6.45, 7) is 2.04. The minimum atomic E-state index is -0.475. The quantitative estimate of drug-likeness (QED) is 0.503. The minimum absolute atomic E-state index is 0.120. The van der Waals surface area contributed by atoms with Gasteiger partial charge in [-0.05, 0) is 18.6 Å². The van der Waals surface area contributed by atoms with Crippen LogP contribution in [0.1, 0.15) is 18.4 Å². The van der Waals surface area contributed by atoms with E-state index < -0.39 is 11.9 Å². The highest BCUT2D eigenvalue weighted by molar-refractivity contribution is 8.00. The second-order valence-corrected chi connectivity index (χ2v) is 5.93. The first-order valence-electron chi connectivity index (χ1n) is 7.44. The summed E-state index contributed by atoms with van der Waals surface area (Å²) in [5.74, 6) is -0.749. The molecule has 0 heterocycles. The van der Waals surface area contributed by atoms with Gasteiger partial charge >= 0.3 is 5.97 Å². The lowest BCUT2D eigenvalue weighted by atomic mass is 10.2. The number of carbonyl (C=O) groups excluding carboxylic acids is 2. The molecule has 0 aliphatic rings. The molecule has 0 saturated carbocycles. The molecule has 0 atom stereocenters. The van der Waals surface area contributed by atoms with E-state index in [1.165, 1.54) is 16.7 Å². The number of hydrogen-bond acceptors (Lipinski definition) is 6. The normalized spacial score (nSPS) is 9.62. The van der Waals surface area contributed by atoms with Crippen molar-refractivity contribution in [2.45, 2.75) is 24.7 Å². The third kappa shape index (κ3) is 7.17. The lowest BCUT2D eigenvalue weighted by Gasteiger charge is -2.20. The van der Waals surface area contributed by atoms with E-state index in [2.05, 4.69) is 0 Å². The molecule has 0 radical (unpaired) electrons. The molecule has 7 heteroatoms. The molecule has 1 amide bonds. The number of ether oxygens (including phenoxy) is 1. The Balaban J connectivity index is 2.41. The highest BCUT2D eigenvalue weighted by Gasteiger charge is 2.15. The second kappa shape index (κ2) is 11.1. The van der Waals surface area contributed by atoms with Gasteiger partial charge in [-0.3, -0.25) is 9.59 Å². The summed E-state index contributed by atoms with van der Waals surface area (Å²) >= 11 is 1.36. The van der Waals surface area contributed by atoms with E-state index in [9.17, 15) is 9.59 Å². The summed E-state index contributed by atoms with van der Waals surface area (Å²) in [6.07, 6.45) is 0.350. The van der Waals surface area contributed by atoms with Gasteiger partial charge in [-0.1, -0.05) is 18.2 Å². The average Bonchev–Trinajstić information content (AvgIpc) is 2.59. The Kier molecular flexibility index (Phi) is 9.03. The molecule has 1 aromatic carbocycles. The van der Waals surface area contributed by atoms with Crippen molar-refractivity contribution in [1.29, 1.82) is 10.5 Å². The number of hydrogen-bond donors (Lipinski definition) is 0. The van der Waals surface area contributed by atoms with Crippen molar-refractivity contribution in [3.63, 3.8) is 0 Å². The molecule has 0 spiro atoms. The van der Waals surface area contributed by atoms with Crippen LogP contribution in [0.5, 0.6) is 0 Å². The Morgan fingerprint density at radius 1 is 1.17 bits per heavy atom. The molecule has 0 aliphatic heterocycles. The maximum Gasteiger partial charge on any atom is 0.316 e. The van der Waals surface area contributed by atoms with Crippen LogP contribution in [0.25, 0.3) is 0 Å². The van der Waals surface area contributed by atoms with Crippen molar-refractivity contribution in [2.75, 3.05) is 25.4 Å². The van der Waals surface area contributed by atoms with Crippen molar-refractivity contribution in [2.24, 2.45) is 0 Å². The van der Waals surface area contributed by atoms with E-state index in [0.717, 1.165) is 10.5 Å². The average molecular weight is 345 g/mol.